The number of aromatic nitrogens is 1. The fourth-order valence-electron chi connectivity index (χ4n) is 3.18. The van der Waals surface area contributed by atoms with Crippen LogP contribution in [0, 0.1) is 0 Å². The number of thiazole rings is 1. The molecule has 1 saturated heterocycles. The molecule has 2 heterocycles. The number of hydrogen-bond donors (Lipinski definition) is 0. The zero-order valence-electron chi connectivity index (χ0n) is 15.3. The molecule has 0 unspecified atom stereocenters. The van der Waals surface area contributed by atoms with E-state index in [9.17, 15) is 4.79 Å². The molecule has 140 valence electrons. The molecule has 0 N–H and O–H groups in total. The molecule has 3 aromatic rings. The Balaban J connectivity index is 1.52. The fraction of sp³-hybridized carbons (Fsp3) is 0.333. The topological polar surface area (TPSA) is 51.7 Å². The Kier molecular flexibility index (Phi) is 5.36. The Bertz CT molecular complexity index is 901. The summed E-state index contributed by atoms with van der Waals surface area (Å²) < 4.78 is 12.5. The first-order valence-corrected chi connectivity index (χ1v) is 10.1. The molecule has 0 spiro atoms. The molecule has 0 saturated carbocycles. The summed E-state index contributed by atoms with van der Waals surface area (Å²) in [5.74, 6) is 0.621. The van der Waals surface area contributed by atoms with Crippen LogP contribution < -0.4 is 9.64 Å². The number of amides is 1. The molecule has 1 aliphatic rings. The van der Waals surface area contributed by atoms with E-state index in [0.29, 0.717) is 24.5 Å². The molecule has 0 bridgehead atoms. The van der Waals surface area contributed by atoms with Gasteiger partial charge in [0.2, 0.25) is 0 Å². The largest absolute Gasteiger partial charge is 0.491 e. The average Bonchev–Trinajstić information content (AvgIpc) is 3.36. The van der Waals surface area contributed by atoms with E-state index in [1.807, 2.05) is 49.4 Å². The highest BCUT2D eigenvalue weighted by Crippen LogP contribution is 2.29. The van der Waals surface area contributed by atoms with Gasteiger partial charge in [-0.3, -0.25) is 9.69 Å². The van der Waals surface area contributed by atoms with Crippen LogP contribution in [-0.4, -0.2) is 36.8 Å². The van der Waals surface area contributed by atoms with Crippen LogP contribution in [0.2, 0.25) is 0 Å². The highest BCUT2D eigenvalue weighted by Gasteiger charge is 2.21. The van der Waals surface area contributed by atoms with E-state index < -0.39 is 0 Å². The van der Waals surface area contributed by atoms with Crippen LogP contribution in [-0.2, 0) is 4.74 Å². The lowest BCUT2D eigenvalue weighted by molar-refractivity contribution is 0.0679. The Morgan fingerprint density at radius 3 is 2.96 bits per heavy atom. The van der Waals surface area contributed by atoms with Gasteiger partial charge in [-0.1, -0.05) is 29.5 Å². The molecule has 1 aliphatic heterocycles. The smallest absolute Gasteiger partial charge is 0.260 e. The third-order valence-corrected chi connectivity index (χ3v) is 5.68. The average molecular weight is 382 g/mol. The van der Waals surface area contributed by atoms with Gasteiger partial charge in [0.1, 0.15) is 12.4 Å². The van der Waals surface area contributed by atoms with E-state index in [1.165, 1.54) is 11.3 Å². The third kappa shape index (κ3) is 3.96. The van der Waals surface area contributed by atoms with Crippen molar-refractivity contribution in [2.75, 3.05) is 24.7 Å². The van der Waals surface area contributed by atoms with Gasteiger partial charge in [-0.05, 0) is 50.1 Å². The molecule has 1 atom stereocenters. The van der Waals surface area contributed by atoms with Crippen molar-refractivity contribution in [3.63, 3.8) is 0 Å². The molecule has 1 amide bonds. The second-order valence-corrected chi connectivity index (χ2v) is 7.50. The van der Waals surface area contributed by atoms with E-state index >= 15 is 0 Å². The first-order valence-electron chi connectivity index (χ1n) is 9.26. The number of rotatable bonds is 6. The molecule has 2 aromatic carbocycles. The van der Waals surface area contributed by atoms with Gasteiger partial charge in [0.25, 0.3) is 5.91 Å². The molecule has 1 aromatic heterocycles. The van der Waals surface area contributed by atoms with Gasteiger partial charge < -0.3 is 9.47 Å². The van der Waals surface area contributed by atoms with Crippen molar-refractivity contribution in [2.45, 2.75) is 25.9 Å². The lowest BCUT2D eigenvalue weighted by Gasteiger charge is -2.18. The number of carbonyl (C=O) groups is 1. The van der Waals surface area contributed by atoms with Crippen LogP contribution in [0.1, 0.15) is 30.1 Å². The first-order chi connectivity index (χ1) is 13.2. The zero-order chi connectivity index (χ0) is 18.6. The van der Waals surface area contributed by atoms with E-state index in [2.05, 4.69) is 4.98 Å². The summed E-state index contributed by atoms with van der Waals surface area (Å²) in [5, 5.41) is 0.717. The van der Waals surface area contributed by atoms with Gasteiger partial charge in [0, 0.05) is 18.7 Å². The number of nitrogens with zero attached hydrogens (tertiary/aromatic N) is 2. The number of ether oxygens (including phenoxy) is 2. The molecule has 27 heavy (non-hydrogen) atoms. The number of hydrogen-bond acceptors (Lipinski definition) is 5. The lowest BCUT2D eigenvalue weighted by Crippen LogP contribution is -2.30. The lowest BCUT2D eigenvalue weighted by atomic mass is 10.2. The van der Waals surface area contributed by atoms with Gasteiger partial charge >= 0.3 is 0 Å². The summed E-state index contributed by atoms with van der Waals surface area (Å²) in [4.78, 5) is 19.4. The van der Waals surface area contributed by atoms with Crippen LogP contribution in [0.4, 0.5) is 5.13 Å². The Hall–Kier alpha value is -2.44. The molecule has 0 aliphatic carbocycles. The predicted octanol–water partition coefficient (Wildman–Crippen LogP) is 4.52. The Labute approximate surface area is 162 Å². The zero-order valence-corrected chi connectivity index (χ0v) is 16.1. The maximum atomic E-state index is 13.1. The molecule has 1 fully saturated rings. The van der Waals surface area contributed by atoms with Crippen molar-refractivity contribution in [3.8, 4) is 5.75 Å². The fourth-order valence-corrected chi connectivity index (χ4v) is 4.21. The summed E-state index contributed by atoms with van der Waals surface area (Å²) in [7, 11) is 0. The minimum Gasteiger partial charge on any atom is -0.491 e. The summed E-state index contributed by atoms with van der Waals surface area (Å²) in [6, 6.07) is 15.3. The molecule has 6 heteroatoms. The first kappa shape index (κ1) is 17.9. The van der Waals surface area contributed by atoms with Crippen molar-refractivity contribution in [1.29, 1.82) is 0 Å². The summed E-state index contributed by atoms with van der Waals surface area (Å²) in [6.07, 6.45) is 2.26. The maximum absolute atomic E-state index is 13.1. The van der Waals surface area contributed by atoms with Crippen LogP contribution in [0.25, 0.3) is 10.2 Å². The minimum absolute atomic E-state index is 0.0703. The predicted molar refractivity (Wildman–Crippen MR) is 108 cm³/mol. The Morgan fingerprint density at radius 2 is 2.19 bits per heavy atom. The number of anilines is 1. The molecular formula is C21H22N2O3S. The van der Waals surface area contributed by atoms with E-state index in [4.69, 9.17) is 9.47 Å². The maximum Gasteiger partial charge on any atom is 0.260 e. The third-order valence-electron chi connectivity index (χ3n) is 4.62. The number of para-hydroxylation sites is 1. The SMILES string of the molecule is CCN(C(=O)c1cccc(OC[C@H]2CCCO2)c1)c1nc2ccccc2s1. The highest BCUT2D eigenvalue weighted by molar-refractivity contribution is 7.22. The van der Waals surface area contributed by atoms with Gasteiger partial charge in [-0.2, -0.15) is 0 Å². The number of carbonyl (C=O) groups excluding carboxylic acids is 1. The quantitative estimate of drug-likeness (QED) is 0.629. The van der Waals surface area contributed by atoms with Gasteiger partial charge in [0.05, 0.1) is 16.3 Å². The number of fused-ring (bicyclic) bond motifs is 1. The van der Waals surface area contributed by atoms with Crippen molar-refractivity contribution >= 4 is 32.6 Å². The summed E-state index contributed by atoms with van der Waals surface area (Å²) in [6.45, 7) is 3.84. The normalized spacial score (nSPS) is 16.6. The summed E-state index contributed by atoms with van der Waals surface area (Å²) >= 11 is 1.53. The summed E-state index contributed by atoms with van der Waals surface area (Å²) in [5.41, 5.74) is 1.51. The van der Waals surface area contributed by atoms with Gasteiger partial charge in [-0.15, -0.1) is 0 Å². The minimum atomic E-state index is -0.0703. The molecule has 5 nitrogen and oxygen atoms in total. The molecule has 4 rings (SSSR count). The molecule has 0 radical (unpaired) electrons. The van der Waals surface area contributed by atoms with Crippen LogP contribution in [0.5, 0.6) is 5.75 Å². The second kappa shape index (κ2) is 8.06. The van der Waals surface area contributed by atoms with Crippen molar-refractivity contribution in [2.24, 2.45) is 0 Å². The van der Waals surface area contributed by atoms with Gasteiger partial charge in [-0.25, -0.2) is 4.98 Å². The van der Waals surface area contributed by atoms with Crippen molar-refractivity contribution in [1.82, 2.24) is 4.98 Å². The standard InChI is InChI=1S/C21H22N2O3S/c1-2-23(21-22-18-10-3-4-11-19(18)27-21)20(24)15-7-5-8-16(13-15)26-14-17-9-6-12-25-17/h3-5,7-8,10-11,13,17H,2,6,9,12,14H2,1H3/t17-/m1/s1. The molecular weight excluding hydrogens is 360 g/mol. The van der Waals surface area contributed by atoms with Crippen molar-refractivity contribution < 1.29 is 14.3 Å². The van der Waals surface area contributed by atoms with E-state index in [1.54, 1.807) is 11.0 Å². The van der Waals surface area contributed by atoms with Crippen LogP contribution >= 0.6 is 11.3 Å². The second-order valence-electron chi connectivity index (χ2n) is 6.49. The Morgan fingerprint density at radius 1 is 1.30 bits per heavy atom. The monoisotopic (exact) mass is 382 g/mol. The van der Waals surface area contributed by atoms with Crippen LogP contribution in [0.3, 0.4) is 0 Å². The van der Waals surface area contributed by atoms with Gasteiger partial charge in [0.15, 0.2) is 5.13 Å². The number of benzene rings is 2. The van der Waals surface area contributed by atoms with Crippen LogP contribution in [0.15, 0.2) is 48.5 Å². The van der Waals surface area contributed by atoms with E-state index in [0.717, 1.165) is 34.8 Å². The van der Waals surface area contributed by atoms with Crippen molar-refractivity contribution in [3.05, 3.63) is 54.1 Å². The van der Waals surface area contributed by atoms with E-state index in [-0.39, 0.29) is 12.0 Å². The highest BCUT2D eigenvalue weighted by atomic mass is 32.1.